The SMILES string of the molecule is N#Cc1nc(-c2ccccc2Cl)oc1NCc1ccc(Cl)cc1. The van der Waals surface area contributed by atoms with Crippen LogP contribution in [0.15, 0.2) is 52.9 Å². The molecule has 4 nitrogen and oxygen atoms in total. The lowest BCUT2D eigenvalue weighted by Crippen LogP contribution is -1.99. The van der Waals surface area contributed by atoms with Crippen molar-refractivity contribution < 1.29 is 4.42 Å². The summed E-state index contributed by atoms with van der Waals surface area (Å²) in [6, 6.07) is 16.6. The monoisotopic (exact) mass is 343 g/mol. The number of hydrogen-bond donors (Lipinski definition) is 1. The van der Waals surface area contributed by atoms with Crippen LogP contribution in [-0.4, -0.2) is 4.98 Å². The van der Waals surface area contributed by atoms with Crippen LogP contribution in [0, 0.1) is 11.3 Å². The molecule has 0 saturated heterocycles. The molecule has 23 heavy (non-hydrogen) atoms. The normalized spacial score (nSPS) is 10.3. The molecule has 2 aromatic carbocycles. The number of nitrogens with one attached hydrogen (secondary N) is 1. The first-order chi connectivity index (χ1) is 11.2. The Morgan fingerprint density at radius 1 is 1.09 bits per heavy atom. The highest BCUT2D eigenvalue weighted by molar-refractivity contribution is 6.33. The molecule has 0 radical (unpaired) electrons. The maximum Gasteiger partial charge on any atom is 0.232 e. The van der Waals surface area contributed by atoms with Crippen LogP contribution in [0.3, 0.4) is 0 Å². The summed E-state index contributed by atoms with van der Waals surface area (Å²) in [5, 5.41) is 13.5. The molecule has 114 valence electrons. The minimum absolute atomic E-state index is 0.189. The van der Waals surface area contributed by atoms with Crippen molar-refractivity contribution in [3.8, 4) is 17.5 Å². The average molecular weight is 344 g/mol. The van der Waals surface area contributed by atoms with Crippen LogP contribution in [-0.2, 0) is 6.54 Å². The van der Waals surface area contributed by atoms with Gasteiger partial charge in [0.05, 0.1) is 10.6 Å². The van der Waals surface area contributed by atoms with E-state index >= 15 is 0 Å². The van der Waals surface area contributed by atoms with Gasteiger partial charge in [-0.05, 0) is 29.8 Å². The molecule has 0 atom stereocenters. The largest absolute Gasteiger partial charge is 0.419 e. The average Bonchev–Trinajstić information content (AvgIpc) is 2.98. The molecular formula is C17H11Cl2N3O. The highest BCUT2D eigenvalue weighted by Gasteiger charge is 2.16. The third-order valence-corrected chi connectivity index (χ3v) is 3.79. The number of halogens is 2. The minimum atomic E-state index is 0.189. The van der Waals surface area contributed by atoms with E-state index in [0.717, 1.165) is 5.56 Å². The molecule has 1 N–H and O–H groups in total. The van der Waals surface area contributed by atoms with E-state index in [1.54, 1.807) is 24.3 Å². The second-order valence-electron chi connectivity index (χ2n) is 4.77. The molecule has 3 aromatic rings. The summed E-state index contributed by atoms with van der Waals surface area (Å²) in [6.07, 6.45) is 0. The Morgan fingerprint density at radius 3 is 2.52 bits per heavy atom. The molecule has 1 heterocycles. The molecule has 0 unspecified atom stereocenters. The van der Waals surface area contributed by atoms with Gasteiger partial charge in [-0.15, -0.1) is 0 Å². The van der Waals surface area contributed by atoms with Crippen LogP contribution < -0.4 is 5.32 Å². The van der Waals surface area contributed by atoms with E-state index in [1.165, 1.54) is 0 Å². The number of hydrogen-bond acceptors (Lipinski definition) is 4. The topological polar surface area (TPSA) is 61.9 Å². The van der Waals surface area contributed by atoms with E-state index in [9.17, 15) is 5.26 Å². The fourth-order valence-corrected chi connectivity index (χ4v) is 2.39. The van der Waals surface area contributed by atoms with Gasteiger partial charge in [-0.3, -0.25) is 0 Å². The Morgan fingerprint density at radius 2 is 1.83 bits per heavy atom. The third kappa shape index (κ3) is 3.48. The van der Waals surface area contributed by atoms with E-state index in [-0.39, 0.29) is 5.69 Å². The summed E-state index contributed by atoms with van der Waals surface area (Å²) >= 11 is 12.0. The van der Waals surface area contributed by atoms with Gasteiger partial charge in [0.2, 0.25) is 17.5 Å². The second kappa shape index (κ2) is 6.74. The number of anilines is 1. The quantitative estimate of drug-likeness (QED) is 0.712. The maximum absolute atomic E-state index is 9.22. The van der Waals surface area contributed by atoms with E-state index in [0.29, 0.717) is 33.9 Å². The second-order valence-corrected chi connectivity index (χ2v) is 5.61. The van der Waals surface area contributed by atoms with Crippen LogP contribution in [0.4, 0.5) is 5.88 Å². The summed E-state index contributed by atoms with van der Waals surface area (Å²) in [4.78, 5) is 4.19. The van der Waals surface area contributed by atoms with Crippen molar-refractivity contribution in [1.29, 1.82) is 5.26 Å². The van der Waals surface area contributed by atoms with Gasteiger partial charge in [0.25, 0.3) is 0 Å². The number of nitriles is 1. The number of benzene rings is 2. The van der Waals surface area contributed by atoms with Gasteiger partial charge in [-0.25, -0.2) is 0 Å². The number of rotatable bonds is 4. The highest BCUT2D eigenvalue weighted by atomic mass is 35.5. The van der Waals surface area contributed by atoms with Crippen LogP contribution in [0.25, 0.3) is 11.5 Å². The minimum Gasteiger partial charge on any atom is -0.419 e. The molecular weight excluding hydrogens is 333 g/mol. The molecule has 6 heteroatoms. The first kappa shape index (κ1) is 15.4. The molecule has 0 aliphatic rings. The maximum atomic E-state index is 9.22. The summed E-state index contributed by atoms with van der Waals surface area (Å²) in [5.74, 6) is 0.628. The lowest BCUT2D eigenvalue weighted by Gasteiger charge is -2.03. The summed E-state index contributed by atoms with van der Waals surface area (Å²) in [7, 11) is 0. The summed E-state index contributed by atoms with van der Waals surface area (Å²) < 4.78 is 5.66. The molecule has 0 aliphatic heterocycles. The highest BCUT2D eigenvalue weighted by Crippen LogP contribution is 2.30. The van der Waals surface area contributed by atoms with Crippen molar-refractivity contribution in [1.82, 2.24) is 4.98 Å². The zero-order valence-corrected chi connectivity index (χ0v) is 13.4. The predicted octanol–water partition coefficient (Wildman–Crippen LogP) is 5.13. The fourth-order valence-electron chi connectivity index (χ4n) is 2.05. The van der Waals surface area contributed by atoms with Gasteiger partial charge in [0.15, 0.2) is 0 Å². The Labute approximate surface area is 143 Å². The molecule has 0 bridgehead atoms. The molecule has 0 saturated carbocycles. The van der Waals surface area contributed by atoms with Gasteiger partial charge in [0, 0.05) is 11.6 Å². The van der Waals surface area contributed by atoms with E-state index < -0.39 is 0 Å². The zero-order chi connectivity index (χ0) is 16.2. The Hall–Kier alpha value is -2.48. The fraction of sp³-hybridized carbons (Fsp3) is 0.0588. The summed E-state index contributed by atoms with van der Waals surface area (Å²) in [5.41, 5.74) is 1.84. The Bertz CT molecular complexity index is 866. The van der Waals surface area contributed by atoms with Crippen molar-refractivity contribution in [3.63, 3.8) is 0 Å². The van der Waals surface area contributed by atoms with E-state index in [2.05, 4.69) is 10.3 Å². The van der Waals surface area contributed by atoms with Crippen molar-refractivity contribution in [2.24, 2.45) is 0 Å². The van der Waals surface area contributed by atoms with E-state index in [1.807, 2.05) is 30.3 Å². The van der Waals surface area contributed by atoms with Crippen LogP contribution in [0.1, 0.15) is 11.3 Å². The van der Waals surface area contributed by atoms with Gasteiger partial charge >= 0.3 is 0 Å². The van der Waals surface area contributed by atoms with Crippen LogP contribution >= 0.6 is 23.2 Å². The lowest BCUT2D eigenvalue weighted by atomic mass is 10.2. The van der Waals surface area contributed by atoms with Crippen molar-refractivity contribution in [2.75, 3.05) is 5.32 Å². The summed E-state index contributed by atoms with van der Waals surface area (Å²) in [6.45, 7) is 0.489. The molecule has 0 spiro atoms. The molecule has 1 aromatic heterocycles. The Balaban J connectivity index is 1.84. The van der Waals surface area contributed by atoms with Gasteiger partial charge in [0.1, 0.15) is 6.07 Å². The van der Waals surface area contributed by atoms with Gasteiger partial charge in [-0.2, -0.15) is 10.2 Å². The lowest BCUT2D eigenvalue weighted by molar-refractivity contribution is 0.585. The number of oxazole rings is 1. The smallest absolute Gasteiger partial charge is 0.232 e. The number of aromatic nitrogens is 1. The molecule has 0 fully saturated rings. The standard InChI is InChI=1S/C17H11Cl2N3O/c18-12-7-5-11(6-8-12)10-21-17-15(9-20)22-16(23-17)13-3-1-2-4-14(13)19/h1-8,21H,10H2. The third-order valence-electron chi connectivity index (χ3n) is 3.20. The zero-order valence-electron chi connectivity index (χ0n) is 11.9. The van der Waals surface area contributed by atoms with Gasteiger partial charge in [-0.1, -0.05) is 47.5 Å². The van der Waals surface area contributed by atoms with Crippen LogP contribution in [0.5, 0.6) is 0 Å². The van der Waals surface area contributed by atoms with E-state index in [4.69, 9.17) is 27.6 Å². The molecule has 0 amide bonds. The van der Waals surface area contributed by atoms with Crippen molar-refractivity contribution in [2.45, 2.75) is 6.54 Å². The Kier molecular flexibility index (Phi) is 4.52. The van der Waals surface area contributed by atoms with Crippen molar-refractivity contribution >= 4 is 29.1 Å². The molecule has 0 aliphatic carbocycles. The van der Waals surface area contributed by atoms with Gasteiger partial charge < -0.3 is 9.73 Å². The number of nitrogens with zero attached hydrogens (tertiary/aromatic N) is 2. The first-order valence-electron chi connectivity index (χ1n) is 6.81. The first-order valence-corrected chi connectivity index (χ1v) is 7.57. The van der Waals surface area contributed by atoms with Crippen LogP contribution in [0.2, 0.25) is 10.0 Å². The predicted molar refractivity (Wildman–Crippen MR) is 90.4 cm³/mol. The van der Waals surface area contributed by atoms with Crippen molar-refractivity contribution in [3.05, 3.63) is 69.8 Å². The molecule has 3 rings (SSSR count).